The summed E-state index contributed by atoms with van der Waals surface area (Å²) in [5.41, 5.74) is 3.83. The molecular formula is C19H19N. The van der Waals surface area contributed by atoms with Crippen molar-refractivity contribution < 1.29 is 0 Å². The van der Waals surface area contributed by atoms with Crippen LogP contribution in [0, 0.1) is 0 Å². The molecule has 0 bridgehead atoms. The molecule has 0 aliphatic carbocycles. The van der Waals surface area contributed by atoms with Gasteiger partial charge in [-0.1, -0.05) is 48.0 Å². The highest BCUT2D eigenvalue weighted by atomic mass is 15.0. The third kappa shape index (κ3) is 1.87. The molecule has 0 N–H and O–H groups in total. The second kappa shape index (κ2) is 5.01. The molecule has 1 aromatic heterocycles. The molecule has 0 amide bonds. The van der Waals surface area contributed by atoms with Gasteiger partial charge in [-0.05, 0) is 39.0 Å². The summed E-state index contributed by atoms with van der Waals surface area (Å²) in [6.07, 6.45) is 2.20. The molecule has 0 saturated carbocycles. The molecule has 1 heteroatoms. The molecule has 0 unspecified atom stereocenters. The Morgan fingerprint density at radius 1 is 0.900 bits per heavy atom. The van der Waals surface area contributed by atoms with E-state index in [2.05, 4.69) is 86.0 Å². The van der Waals surface area contributed by atoms with Crippen molar-refractivity contribution in [1.29, 1.82) is 0 Å². The molecule has 0 radical (unpaired) electrons. The lowest BCUT2D eigenvalue weighted by Gasteiger charge is -2.05. The average Bonchev–Trinajstić information content (AvgIpc) is 2.82. The monoisotopic (exact) mass is 261 g/mol. The van der Waals surface area contributed by atoms with Gasteiger partial charge in [-0.25, -0.2) is 0 Å². The van der Waals surface area contributed by atoms with Gasteiger partial charge in [0.2, 0.25) is 0 Å². The minimum absolute atomic E-state index is 1.21. The van der Waals surface area contributed by atoms with E-state index in [1.165, 1.54) is 32.7 Å². The van der Waals surface area contributed by atoms with Crippen molar-refractivity contribution in [3.05, 3.63) is 65.2 Å². The molecule has 0 saturated heterocycles. The number of hydrogen-bond acceptors (Lipinski definition) is 0. The summed E-state index contributed by atoms with van der Waals surface area (Å²) in [5, 5.41) is 3.95. The fourth-order valence-corrected chi connectivity index (χ4v) is 2.91. The van der Waals surface area contributed by atoms with Gasteiger partial charge in [0.15, 0.2) is 0 Å². The van der Waals surface area contributed by atoms with Gasteiger partial charge in [-0.3, -0.25) is 0 Å². The highest BCUT2D eigenvalue weighted by molar-refractivity contribution is 5.84. The van der Waals surface area contributed by atoms with E-state index in [1.807, 2.05) is 0 Å². The predicted octanol–water partition coefficient (Wildman–Crippen LogP) is 3.62. The molecule has 0 atom stereocenters. The number of fused-ring (bicyclic) bond motifs is 1. The maximum absolute atomic E-state index is 2.34. The van der Waals surface area contributed by atoms with Crippen LogP contribution in [0.2, 0.25) is 0 Å². The zero-order valence-electron chi connectivity index (χ0n) is 12.2. The average molecular weight is 261 g/mol. The van der Waals surface area contributed by atoms with Gasteiger partial charge >= 0.3 is 0 Å². The summed E-state index contributed by atoms with van der Waals surface area (Å²) in [6.45, 7) is 6.48. The Balaban J connectivity index is 2.61. The second-order valence-corrected chi connectivity index (χ2v) is 5.24. The minimum Gasteiger partial charge on any atom is -0.310 e. The van der Waals surface area contributed by atoms with E-state index in [-0.39, 0.29) is 0 Å². The second-order valence-electron chi connectivity index (χ2n) is 5.24. The van der Waals surface area contributed by atoms with Crippen molar-refractivity contribution >= 4 is 22.6 Å². The van der Waals surface area contributed by atoms with Crippen LogP contribution < -0.4 is 10.6 Å². The van der Waals surface area contributed by atoms with Crippen molar-refractivity contribution in [3.8, 4) is 5.69 Å². The molecule has 0 aliphatic heterocycles. The highest BCUT2D eigenvalue weighted by Gasteiger charge is 2.08. The lowest BCUT2D eigenvalue weighted by Crippen LogP contribution is -2.29. The number of para-hydroxylation sites is 2. The SMILES string of the molecule is C/C=c1\c(=C(C)C)c2ccccc2n1-c1ccccc1. The standard InChI is InChI=1S/C19H19N/c1-4-17-19(14(2)3)16-12-8-9-13-18(16)20(17)15-10-6-5-7-11-15/h4-13H,1-3H3/b17-4+. The Morgan fingerprint density at radius 2 is 1.55 bits per heavy atom. The molecule has 100 valence electrons. The Kier molecular flexibility index (Phi) is 3.19. The Labute approximate surface area is 119 Å². The lowest BCUT2D eigenvalue weighted by molar-refractivity contribution is 1.06. The van der Waals surface area contributed by atoms with Gasteiger partial charge in [0.25, 0.3) is 0 Å². The van der Waals surface area contributed by atoms with Gasteiger partial charge in [-0.2, -0.15) is 0 Å². The summed E-state index contributed by atoms with van der Waals surface area (Å²) < 4.78 is 2.34. The first kappa shape index (κ1) is 12.7. The van der Waals surface area contributed by atoms with Crippen molar-refractivity contribution in [2.24, 2.45) is 0 Å². The zero-order chi connectivity index (χ0) is 14.1. The third-order valence-electron chi connectivity index (χ3n) is 3.70. The summed E-state index contributed by atoms with van der Waals surface area (Å²) in [5.74, 6) is 0. The topological polar surface area (TPSA) is 4.93 Å². The Morgan fingerprint density at radius 3 is 2.20 bits per heavy atom. The fourth-order valence-electron chi connectivity index (χ4n) is 2.91. The summed E-state index contributed by atoms with van der Waals surface area (Å²) in [7, 11) is 0. The van der Waals surface area contributed by atoms with Gasteiger partial charge in [0.05, 0.1) is 5.52 Å². The highest BCUT2D eigenvalue weighted by Crippen LogP contribution is 2.14. The molecule has 20 heavy (non-hydrogen) atoms. The first-order chi connectivity index (χ1) is 9.74. The fraction of sp³-hybridized carbons (Fsp3) is 0.158. The number of hydrogen-bond donors (Lipinski definition) is 0. The van der Waals surface area contributed by atoms with Crippen LogP contribution in [0.25, 0.3) is 28.2 Å². The predicted molar refractivity (Wildman–Crippen MR) is 87.4 cm³/mol. The maximum atomic E-state index is 2.34. The van der Waals surface area contributed by atoms with Crippen LogP contribution in [0.5, 0.6) is 0 Å². The largest absolute Gasteiger partial charge is 0.310 e. The van der Waals surface area contributed by atoms with Crippen LogP contribution in [-0.2, 0) is 0 Å². The Hall–Kier alpha value is -2.28. The zero-order valence-corrected chi connectivity index (χ0v) is 12.2. The summed E-state index contributed by atoms with van der Waals surface area (Å²) >= 11 is 0. The van der Waals surface area contributed by atoms with Crippen LogP contribution in [-0.4, -0.2) is 4.57 Å². The van der Waals surface area contributed by atoms with Gasteiger partial charge < -0.3 is 4.57 Å². The molecule has 0 spiro atoms. The Bertz CT molecular complexity index is 863. The summed E-state index contributed by atoms with van der Waals surface area (Å²) in [6, 6.07) is 19.2. The quantitative estimate of drug-likeness (QED) is 0.630. The molecule has 0 fully saturated rings. The third-order valence-corrected chi connectivity index (χ3v) is 3.70. The molecule has 3 rings (SSSR count). The molecular weight excluding hydrogens is 242 g/mol. The molecule has 3 aromatic rings. The first-order valence-corrected chi connectivity index (χ1v) is 7.02. The van der Waals surface area contributed by atoms with Crippen LogP contribution in [0.15, 0.2) is 54.6 Å². The number of benzene rings is 2. The van der Waals surface area contributed by atoms with Crippen molar-refractivity contribution in [2.45, 2.75) is 20.8 Å². The van der Waals surface area contributed by atoms with E-state index in [0.29, 0.717) is 0 Å². The van der Waals surface area contributed by atoms with E-state index in [1.54, 1.807) is 0 Å². The van der Waals surface area contributed by atoms with Crippen LogP contribution in [0.1, 0.15) is 20.8 Å². The number of rotatable bonds is 1. The van der Waals surface area contributed by atoms with Crippen molar-refractivity contribution in [3.63, 3.8) is 0 Å². The summed E-state index contributed by atoms with van der Waals surface area (Å²) in [4.78, 5) is 0. The molecule has 1 nitrogen and oxygen atoms in total. The van der Waals surface area contributed by atoms with Crippen molar-refractivity contribution in [2.75, 3.05) is 0 Å². The van der Waals surface area contributed by atoms with E-state index in [4.69, 9.17) is 0 Å². The normalized spacial score (nSPS) is 12.1. The molecule has 2 aromatic carbocycles. The molecule has 0 aliphatic rings. The van der Waals surface area contributed by atoms with Crippen molar-refractivity contribution in [1.82, 2.24) is 4.57 Å². The van der Waals surface area contributed by atoms with Gasteiger partial charge in [0.1, 0.15) is 0 Å². The maximum Gasteiger partial charge on any atom is 0.0540 e. The lowest BCUT2D eigenvalue weighted by atomic mass is 10.1. The van der Waals surface area contributed by atoms with E-state index >= 15 is 0 Å². The van der Waals surface area contributed by atoms with E-state index < -0.39 is 0 Å². The first-order valence-electron chi connectivity index (χ1n) is 7.02. The van der Waals surface area contributed by atoms with Crippen LogP contribution in [0.4, 0.5) is 0 Å². The van der Waals surface area contributed by atoms with Gasteiger partial charge in [-0.15, -0.1) is 0 Å². The molecule has 1 heterocycles. The number of aromatic nitrogens is 1. The van der Waals surface area contributed by atoms with E-state index in [9.17, 15) is 0 Å². The van der Waals surface area contributed by atoms with E-state index in [0.717, 1.165) is 0 Å². The number of nitrogens with zero attached hydrogens (tertiary/aromatic N) is 1. The minimum atomic E-state index is 1.21. The van der Waals surface area contributed by atoms with Crippen LogP contribution >= 0.6 is 0 Å². The van der Waals surface area contributed by atoms with Crippen LogP contribution in [0.3, 0.4) is 0 Å². The smallest absolute Gasteiger partial charge is 0.0540 e. The van der Waals surface area contributed by atoms with Gasteiger partial charge in [0, 0.05) is 21.6 Å².